The molecule has 0 aliphatic carbocycles. The molecule has 0 aromatic rings. The molecule has 0 saturated carbocycles. The molecule has 0 rings (SSSR count). The quantitative estimate of drug-likeness (QED) is 0.364. The van der Waals surface area contributed by atoms with Crippen LogP contribution in [0.15, 0.2) is 48.6 Å². The summed E-state index contributed by atoms with van der Waals surface area (Å²) in [6, 6.07) is 0. The Bertz CT molecular complexity index is 493. The van der Waals surface area contributed by atoms with Crippen molar-refractivity contribution >= 4 is 5.91 Å². The fraction of sp³-hybridized carbons (Fsp3) is 0.438. The first kappa shape index (κ1) is 21.0. The molecule has 0 spiro atoms. The molecule has 0 aromatic carbocycles. The second-order valence-electron chi connectivity index (χ2n) is 4.65. The van der Waals surface area contributed by atoms with Crippen molar-refractivity contribution in [2.75, 3.05) is 19.8 Å². The third kappa shape index (κ3) is 10.4. The zero-order valence-corrected chi connectivity index (χ0v) is 13.6. The topological polar surface area (TPSA) is 38.8 Å². The molecule has 0 saturated heterocycles. The molecule has 0 aliphatic rings. The fourth-order valence-corrected chi connectivity index (χ4v) is 1.62. The number of hydrogen-bond acceptors (Lipinski definition) is 3. The first-order chi connectivity index (χ1) is 10.6. The Morgan fingerprint density at radius 2 is 1.87 bits per heavy atom. The average Bonchev–Trinajstić information content (AvgIpc) is 2.36. The number of rotatable bonds is 9. The number of amides is 1. The number of carbonyl (C=O) groups excluding carboxylic acids is 1. The normalized spacial score (nSPS) is 12.3. The second kappa shape index (κ2) is 9.89. The van der Waals surface area contributed by atoms with Crippen molar-refractivity contribution in [3.05, 3.63) is 48.6 Å². The number of carbonyl (C=O) groups is 1. The van der Waals surface area contributed by atoms with Gasteiger partial charge in [0, 0.05) is 19.2 Å². The number of hydrogen-bond donors (Lipinski definition) is 0. The minimum atomic E-state index is -4.39. The van der Waals surface area contributed by atoms with Gasteiger partial charge in [-0.2, -0.15) is 13.2 Å². The van der Waals surface area contributed by atoms with Crippen LogP contribution in [-0.2, 0) is 14.3 Å². The van der Waals surface area contributed by atoms with E-state index in [9.17, 15) is 18.0 Å². The van der Waals surface area contributed by atoms with E-state index in [4.69, 9.17) is 4.74 Å². The number of allylic oxidation sites excluding steroid dienone is 4. The monoisotopic (exact) mass is 333 g/mol. The molecule has 130 valence electrons. The maximum Gasteiger partial charge on any atom is 0.411 e. The van der Waals surface area contributed by atoms with Crippen molar-refractivity contribution < 1.29 is 27.4 Å². The summed E-state index contributed by atoms with van der Waals surface area (Å²) in [6.07, 6.45) is 0.521. The van der Waals surface area contributed by atoms with Gasteiger partial charge in [0.25, 0.3) is 0 Å². The average molecular weight is 333 g/mol. The zero-order valence-electron chi connectivity index (χ0n) is 13.6. The maximum atomic E-state index is 12.0. The van der Waals surface area contributed by atoms with Gasteiger partial charge in [-0.25, -0.2) is 0 Å². The lowest BCUT2D eigenvalue weighted by Gasteiger charge is -2.22. The van der Waals surface area contributed by atoms with E-state index in [2.05, 4.69) is 17.9 Å². The van der Waals surface area contributed by atoms with E-state index in [-0.39, 0.29) is 19.1 Å². The van der Waals surface area contributed by atoms with Crippen molar-refractivity contribution in [1.29, 1.82) is 0 Å². The predicted molar refractivity (Wildman–Crippen MR) is 82.2 cm³/mol. The van der Waals surface area contributed by atoms with Gasteiger partial charge in [0.15, 0.2) is 0 Å². The summed E-state index contributed by atoms with van der Waals surface area (Å²) in [4.78, 5) is 12.8. The highest BCUT2D eigenvalue weighted by Gasteiger charge is 2.27. The summed E-state index contributed by atoms with van der Waals surface area (Å²) in [5.74, 6) is 0.499. The third-order valence-corrected chi connectivity index (χ3v) is 2.47. The van der Waals surface area contributed by atoms with Gasteiger partial charge in [-0.3, -0.25) is 4.79 Å². The van der Waals surface area contributed by atoms with E-state index in [0.29, 0.717) is 17.2 Å². The Kier molecular flexibility index (Phi) is 9.02. The van der Waals surface area contributed by atoms with E-state index in [0.717, 1.165) is 0 Å². The standard InChI is InChI=1S/C16H22F3NO3/c1-6-7-13(3)23-14(4)10-12(2)20(15(5)21)8-9-22-11-16(17,18)19/h6-7,10H,2-3,8-9,11H2,1,4-5H3/b7-6-,14-10+. The minimum absolute atomic E-state index is 0.0379. The first-order valence-corrected chi connectivity index (χ1v) is 6.86. The van der Waals surface area contributed by atoms with Gasteiger partial charge in [0.1, 0.15) is 18.1 Å². The molecule has 7 heteroatoms. The summed E-state index contributed by atoms with van der Waals surface area (Å²) in [5, 5.41) is 0. The Morgan fingerprint density at radius 1 is 1.26 bits per heavy atom. The molecule has 0 heterocycles. The SMILES string of the molecule is C=C(/C=C\C)O/C(C)=C/C(=C)N(CCOCC(F)(F)F)C(C)=O. The molecule has 0 aromatic heterocycles. The number of ether oxygens (including phenoxy) is 2. The Morgan fingerprint density at radius 3 is 2.35 bits per heavy atom. The van der Waals surface area contributed by atoms with E-state index in [1.807, 2.05) is 6.92 Å². The van der Waals surface area contributed by atoms with Crippen molar-refractivity contribution in [1.82, 2.24) is 4.90 Å². The number of halogens is 3. The predicted octanol–water partition coefficient (Wildman–Crippen LogP) is 3.94. The molecular weight excluding hydrogens is 311 g/mol. The molecule has 0 unspecified atom stereocenters. The van der Waals surface area contributed by atoms with E-state index in [1.54, 1.807) is 19.1 Å². The van der Waals surface area contributed by atoms with Crippen molar-refractivity contribution in [3.63, 3.8) is 0 Å². The number of alkyl halides is 3. The highest BCUT2D eigenvalue weighted by Crippen LogP contribution is 2.15. The molecule has 23 heavy (non-hydrogen) atoms. The summed E-state index contributed by atoms with van der Waals surface area (Å²) < 4.78 is 45.8. The van der Waals surface area contributed by atoms with Gasteiger partial charge in [-0.05, 0) is 26.0 Å². The van der Waals surface area contributed by atoms with Crippen LogP contribution < -0.4 is 0 Å². The van der Waals surface area contributed by atoms with Crippen LogP contribution in [0.2, 0.25) is 0 Å². The molecular formula is C16H22F3NO3. The van der Waals surface area contributed by atoms with Crippen LogP contribution in [0.1, 0.15) is 20.8 Å². The van der Waals surface area contributed by atoms with Crippen LogP contribution in [0.3, 0.4) is 0 Å². The van der Waals surface area contributed by atoms with E-state index >= 15 is 0 Å². The van der Waals surface area contributed by atoms with Crippen molar-refractivity contribution in [2.45, 2.75) is 26.9 Å². The van der Waals surface area contributed by atoms with Gasteiger partial charge < -0.3 is 14.4 Å². The second-order valence-corrected chi connectivity index (χ2v) is 4.65. The van der Waals surface area contributed by atoms with Crippen molar-refractivity contribution in [3.8, 4) is 0 Å². The lowest BCUT2D eigenvalue weighted by atomic mass is 10.3. The summed E-state index contributed by atoms with van der Waals surface area (Å²) in [7, 11) is 0. The van der Waals surface area contributed by atoms with Gasteiger partial charge >= 0.3 is 6.18 Å². The Labute approximate surface area is 134 Å². The molecule has 0 fully saturated rings. The largest absolute Gasteiger partial charge is 0.463 e. The first-order valence-electron chi connectivity index (χ1n) is 6.86. The van der Waals surface area contributed by atoms with Gasteiger partial charge in [-0.1, -0.05) is 19.2 Å². The molecule has 4 nitrogen and oxygen atoms in total. The minimum Gasteiger partial charge on any atom is -0.463 e. The van der Waals surface area contributed by atoms with Crippen LogP contribution in [0.5, 0.6) is 0 Å². The third-order valence-electron chi connectivity index (χ3n) is 2.47. The van der Waals surface area contributed by atoms with E-state index in [1.165, 1.54) is 17.9 Å². The van der Waals surface area contributed by atoms with Gasteiger partial charge in [-0.15, -0.1) is 0 Å². The highest BCUT2D eigenvalue weighted by atomic mass is 19.4. The van der Waals surface area contributed by atoms with Gasteiger partial charge in [0.05, 0.1) is 6.61 Å². The molecule has 0 aliphatic heterocycles. The zero-order chi connectivity index (χ0) is 18.0. The van der Waals surface area contributed by atoms with Crippen LogP contribution in [0.25, 0.3) is 0 Å². The lowest BCUT2D eigenvalue weighted by Crippen LogP contribution is -2.31. The smallest absolute Gasteiger partial charge is 0.411 e. The highest BCUT2D eigenvalue weighted by molar-refractivity contribution is 5.75. The van der Waals surface area contributed by atoms with Crippen LogP contribution in [-0.4, -0.2) is 36.7 Å². The molecule has 1 amide bonds. The Balaban J connectivity index is 4.61. The summed E-state index contributed by atoms with van der Waals surface area (Å²) >= 11 is 0. The van der Waals surface area contributed by atoms with Crippen LogP contribution in [0, 0.1) is 0 Å². The lowest BCUT2D eigenvalue weighted by molar-refractivity contribution is -0.174. The summed E-state index contributed by atoms with van der Waals surface area (Å²) in [6.45, 7) is 10.5. The van der Waals surface area contributed by atoms with Gasteiger partial charge in [0.2, 0.25) is 5.91 Å². The van der Waals surface area contributed by atoms with Crippen LogP contribution >= 0.6 is 0 Å². The van der Waals surface area contributed by atoms with E-state index < -0.39 is 12.8 Å². The maximum absolute atomic E-state index is 12.0. The summed E-state index contributed by atoms with van der Waals surface area (Å²) in [5.41, 5.74) is 0.291. The molecule has 0 bridgehead atoms. The number of nitrogens with zero attached hydrogens (tertiary/aromatic N) is 1. The fourth-order valence-electron chi connectivity index (χ4n) is 1.62. The molecule has 0 radical (unpaired) electrons. The molecule has 0 atom stereocenters. The molecule has 0 N–H and O–H groups in total. The van der Waals surface area contributed by atoms with Crippen LogP contribution in [0.4, 0.5) is 13.2 Å². The van der Waals surface area contributed by atoms with Crippen molar-refractivity contribution in [2.24, 2.45) is 0 Å². The Hall–Kier alpha value is -2.02.